The molecule has 0 saturated carbocycles. The number of benzene rings is 1. The van der Waals surface area contributed by atoms with Gasteiger partial charge in [0.15, 0.2) is 0 Å². The van der Waals surface area contributed by atoms with E-state index in [-0.39, 0.29) is 11.0 Å². The summed E-state index contributed by atoms with van der Waals surface area (Å²) in [6, 6.07) is 5.70. The number of carboxylic acids is 1. The van der Waals surface area contributed by atoms with Crippen molar-refractivity contribution in [3.05, 3.63) is 29.0 Å². The lowest BCUT2D eigenvalue weighted by Gasteiger charge is -2.05. The molecule has 0 atom stereocenters. The van der Waals surface area contributed by atoms with Crippen molar-refractivity contribution in [3.63, 3.8) is 0 Å². The minimum Gasteiger partial charge on any atom is -0.481 e. The summed E-state index contributed by atoms with van der Waals surface area (Å²) in [5.41, 5.74) is 1.80. The Kier molecular flexibility index (Phi) is 3.49. The highest BCUT2D eigenvalue weighted by molar-refractivity contribution is 8.00. The van der Waals surface area contributed by atoms with E-state index in [1.165, 1.54) is 0 Å². The highest BCUT2D eigenvalue weighted by atomic mass is 35.5. The van der Waals surface area contributed by atoms with Crippen molar-refractivity contribution in [3.8, 4) is 0 Å². The molecule has 1 N–H and O–H groups in total. The van der Waals surface area contributed by atoms with Crippen LogP contribution in [0.5, 0.6) is 0 Å². The van der Waals surface area contributed by atoms with Crippen LogP contribution in [-0.2, 0) is 4.79 Å². The molecule has 0 amide bonds. The number of rotatable bonds is 3. The highest BCUT2D eigenvalue weighted by Crippen LogP contribution is 2.27. The van der Waals surface area contributed by atoms with Gasteiger partial charge in [0.25, 0.3) is 0 Å². The molecule has 2 rings (SSSR count). The Bertz CT molecular complexity index is 589. The molecule has 17 heavy (non-hydrogen) atoms. The first-order valence-corrected chi connectivity index (χ1v) is 6.21. The maximum absolute atomic E-state index is 10.6. The lowest BCUT2D eigenvalue weighted by Crippen LogP contribution is -1.99. The third kappa shape index (κ3) is 2.87. The predicted octanol–water partition coefficient (Wildman–Crippen LogP) is 2.77. The van der Waals surface area contributed by atoms with Gasteiger partial charge in [-0.05, 0) is 30.7 Å². The second-order valence-corrected chi connectivity index (χ2v) is 4.80. The largest absolute Gasteiger partial charge is 0.481 e. The lowest BCUT2D eigenvalue weighted by molar-refractivity contribution is -0.133. The van der Waals surface area contributed by atoms with Crippen LogP contribution in [-0.4, -0.2) is 26.8 Å². The molecule has 6 heteroatoms. The van der Waals surface area contributed by atoms with Crippen molar-refractivity contribution in [2.75, 3.05) is 5.75 Å². The third-order valence-corrected chi connectivity index (χ3v) is 3.27. The topological polar surface area (TPSA) is 63.1 Å². The summed E-state index contributed by atoms with van der Waals surface area (Å²) in [6.07, 6.45) is 0. The molecule has 0 radical (unpaired) electrons. The maximum atomic E-state index is 10.6. The van der Waals surface area contributed by atoms with Crippen LogP contribution in [0, 0.1) is 6.92 Å². The molecule has 0 aliphatic heterocycles. The second kappa shape index (κ2) is 4.89. The van der Waals surface area contributed by atoms with Gasteiger partial charge in [-0.1, -0.05) is 23.4 Å². The van der Waals surface area contributed by atoms with Crippen molar-refractivity contribution in [1.82, 2.24) is 9.97 Å². The van der Waals surface area contributed by atoms with Crippen LogP contribution in [0.15, 0.2) is 23.2 Å². The molecule has 88 valence electrons. The van der Waals surface area contributed by atoms with Crippen LogP contribution >= 0.6 is 23.4 Å². The van der Waals surface area contributed by atoms with E-state index < -0.39 is 5.97 Å². The van der Waals surface area contributed by atoms with E-state index in [0.29, 0.717) is 5.03 Å². The summed E-state index contributed by atoms with van der Waals surface area (Å²) in [7, 11) is 0. The quantitative estimate of drug-likeness (QED) is 0.527. The monoisotopic (exact) mass is 268 g/mol. The Balaban J connectivity index is 2.51. The molecule has 0 bridgehead atoms. The van der Waals surface area contributed by atoms with Crippen LogP contribution in [0.1, 0.15) is 5.56 Å². The second-order valence-electron chi connectivity index (χ2n) is 3.50. The molecule has 4 nitrogen and oxygen atoms in total. The number of aryl methyl sites for hydroxylation is 1. The van der Waals surface area contributed by atoms with Crippen LogP contribution < -0.4 is 0 Å². The SMILES string of the molecule is Cc1ccc2nc(Cl)nc(SCC(=O)O)c2c1. The Labute approximate surface area is 107 Å². The van der Waals surface area contributed by atoms with E-state index in [9.17, 15) is 4.79 Å². The van der Waals surface area contributed by atoms with Crippen LogP contribution in [0.2, 0.25) is 5.28 Å². The van der Waals surface area contributed by atoms with E-state index >= 15 is 0 Å². The van der Waals surface area contributed by atoms with Gasteiger partial charge < -0.3 is 5.11 Å². The number of nitrogens with zero attached hydrogens (tertiary/aromatic N) is 2. The summed E-state index contributed by atoms with van der Waals surface area (Å²) in [5.74, 6) is -0.929. The first-order chi connectivity index (χ1) is 8.06. The maximum Gasteiger partial charge on any atom is 0.313 e. The first-order valence-electron chi connectivity index (χ1n) is 4.85. The minimum atomic E-state index is -0.884. The van der Waals surface area contributed by atoms with Gasteiger partial charge in [-0.3, -0.25) is 4.79 Å². The zero-order valence-corrected chi connectivity index (χ0v) is 10.5. The van der Waals surface area contributed by atoms with Crippen LogP contribution in [0.25, 0.3) is 10.9 Å². The number of hydrogen-bond acceptors (Lipinski definition) is 4. The fourth-order valence-electron chi connectivity index (χ4n) is 1.43. The average Bonchev–Trinajstić information content (AvgIpc) is 2.26. The molecule has 0 aliphatic rings. The van der Waals surface area contributed by atoms with Gasteiger partial charge in [0, 0.05) is 5.39 Å². The van der Waals surface area contributed by atoms with Crippen LogP contribution in [0.4, 0.5) is 0 Å². The minimum absolute atomic E-state index is 0.0453. The Hall–Kier alpha value is -1.33. The molecular formula is C11H9ClN2O2S. The number of fused-ring (bicyclic) bond motifs is 1. The average molecular weight is 269 g/mol. The zero-order chi connectivity index (χ0) is 12.4. The third-order valence-electron chi connectivity index (χ3n) is 2.12. The summed E-state index contributed by atoms with van der Waals surface area (Å²) < 4.78 is 0. The Morgan fingerprint density at radius 1 is 1.47 bits per heavy atom. The van der Waals surface area contributed by atoms with Gasteiger partial charge in [0.1, 0.15) is 5.03 Å². The van der Waals surface area contributed by atoms with Gasteiger partial charge >= 0.3 is 5.97 Å². The molecule has 0 fully saturated rings. The number of carbonyl (C=O) groups is 1. The van der Waals surface area contributed by atoms with E-state index in [1.807, 2.05) is 25.1 Å². The standard InChI is InChI=1S/C11H9ClN2O2S/c1-6-2-3-8-7(4-6)10(14-11(12)13-8)17-5-9(15)16/h2-4H,5H2,1H3,(H,15,16). The number of aliphatic carboxylic acids is 1. The summed E-state index contributed by atoms with van der Waals surface area (Å²) >= 11 is 6.94. The lowest BCUT2D eigenvalue weighted by atomic mass is 10.2. The number of halogens is 1. The van der Waals surface area contributed by atoms with Gasteiger partial charge in [0.05, 0.1) is 11.3 Å². The molecular weight excluding hydrogens is 260 g/mol. The molecule has 0 spiro atoms. The normalized spacial score (nSPS) is 10.7. The van der Waals surface area contributed by atoms with Crippen molar-refractivity contribution in [1.29, 1.82) is 0 Å². The smallest absolute Gasteiger partial charge is 0.313 e. The molecule has 0 unspecified atom stereocenters. The number of aromatic nitrogens is 2. The number of hydrogen-bond donors (Lipinski definition) is 1. The summed E-state index contributed by atoms with van der Waals surface area (Å²) in [6.45, 7) is 1.96. The fourth-order valence-corrected chi connectivity index (χ4v) is 2.38. The van der Waals surface area contributed by atoms with Crippen molar-refractivity contribution in [2.24, 2.45) is 0 Å². The summed E-state index contributed by atoms with van der Waals surface area (Å²) in [4.78, 5) is 18.7. The van der Waals surface area contributed by atoms with E-state index in [2.05, 4.69) is 9.97 Å². The molecule has 2 aromatic rings. The molecule has 0 saturated heterocycles. The van der Waals surface area contributed by atoms with Gasteiger partial charge in [-0.25, -0.2) is 9.97 Å². The van der Waals surface area contributed by atoms with Gasteiger partial charge in [0.2, 0.25) is 5.28 Å². The molecule has 1 heterocycles. The van der Waals surface area contributed by atoms with Gasteiger partial charge in [-0.2, -0.15) is 0 Å². The Morgan fingerprint density at radius 2 is 2.24 bits per heavy atom. The highest BCUT2D eigenvalue weighted by Gasteiger charge is 2.09. The first kappa shape index (κ1) is 12.1. The molecule has 1 aromatic heterocycles. The number of thioether (sulfide) groups is 1. The fraction of sp³-hybridized carbons (Fsp3) is 0.182. The molecule has 0 aliphatic carbocycles. The van der Waals surface area contributed by atoms with E-state index in [1.54, 1.807) is 0 Å². The predicted molar refractivity (Wildman–Crippen MR) is 67.6 cm³/mol. The van der Waals surface area contributed by atoms with E-state index in [0.717, 1.165) is 28.2 Å². The van der Waals surface area contributed by atoms with E-state index in [4.69, 9.17) is 16.7 Å². The molecule has 1 aromatic carbocycles. The summed E-state index contributed by atoms with van der Waals surface area (Å²) in [5, 5.41) is 10.2. The Morgan fingerprint density at radius 3 is 2.94 bits per heavy atom. The van der Waals surface area contributed by atoms with Crippen LogP contribution in [0.3, 0.4) is 0 Å². The van der Waals surface area contributed by atoms with Crippen molar-refractivity contribution >= 4 is 40.2 Å². The number of carboxylic acid groups (broad SMARTS) is 1. The zero-order valence-electron chi connectivity index (χ0n) is 8.98. The van der Waals surface area contributed by atoms with Gasteiger partial charge in [-0.15, -0.1) is 0 Å². The van der Waals surface area contributed by atoms with Crippen molar-refractivity contribution in [2.45, 2.75) is 11.9 Å². The van der Waals surface area contributed by atoms with Crippen molar-refractivity contribution < 1.29 is 9.90 Å².